The Hall–Kier alpha value is -2.27. The van der Waals surface area contributed by atoms with Gasteiger partial charge in [0.15, 0.2) is 0 Å². The molecule has 2 rings (SSSR count). The van der Waals surface area contributed by atoms with E-state index >= 15 is 0 Å². The van der Waals surface area contributed by atoms with Gasteiger partial charge in [-0.25, -0.2) is 9.78 Å². The molecule has 1 heterocycles. The number of amides is 2. The first-order chi connectivity index (χ1) is 9.13. The van der Waals surface area contributed by atoms with Gasteiger partial charge in [-0.1, -0.05) is 23.7 Å². The molecule has 0 aliphatic rings. The highest BCUT2D eigenvalue weighted by Crippen LogP contribution is 2.10. The first kappa shape index (κ1) is 13.2. The van der Waals surface area contributed by atoms with Crippen LogP contribution in [0.1, 0.15) is 5.56 Å². The summed E-state index contributed by atoms with van der Waals surface area (Å²) in [6, 6.07) is 9.78. The molecule has 0 saturated heterocycles. The highest BCUT2D eigenvalue weighted by Gasteiger charge is 2.02. The Bertz CT molecular complexity index is 555. The van der Waals surface area contributed by atoms with Gasteiger partial charge in [-0.15, -0.1) is 0 Å². The minimum absolute atomic E-state index is 0.0483. The van der Waals surface area contributed by atoms with E-state index in [4.69, 9.17) is 16.7 Å². The van der Waals surface area contributed by atoms with E-state index < -0.39 is 0 Å². The highest BCUT2D eigenvalue weighted by atomic mass is 35.5. The van der Waals surface area contributed by atoms with Crippen LogP contribution in [-0.4, -0.2) is 16.1 Å². The number of aromatic nitrogens is 1. The Kier molecular flexibility index (Phi) is 4.20. The number of anilines is 1. The third kappa shape index (κ3) is 4.15. The molecule has 0 radical (unpaired) electrons. The van der Waals surface area contributed by atoms with Crippen molar-refractivity contribution in [3.63, 3.8) is 0 Å². The quantitative estimate of drug-likeness (QED) is 0.807. The average Bonchev–Trinajstić information content (AvgIpc) is 2.41. The van der Waals surface area contributed by atoms with Crippen molar-refractivity contribution < 1.29 is 9.90 Å². The number of hydrogen-bond acceptors (Lipinski definition) is 3. The van der Waals surface area contributed by atoms with E-state index in [1.165, 1.54) is 18.3 Å². The van der Waals surface area contributed by atoms with Gasteiger partial charge < -0.3 is 10.4 Å². The van der Waals surface area contributed by atoms with Gasteiger partial charge in [-0.2, -0.15) is 0 Å². The van der Waals surface area contributed by atoms with E-state index in [0.29, 0.717) is 17.4 Å². The number of benzene rings is 1. The highest BCUT2D eigenvalue weighted by molar-refractivity contribution is 6.30. The van der Waals surface area contributed by atoms with Crippen molar-refractivity contribution >= 4 is 23.4 Å². The summed E-state index contributed by atoms with van der Waals surface area (Å²) in [4.78, 5) is 15.4. The van der Waals surface area contributed by atoms with Crippen molar-refractivity contribution in [3.05, 3.63) is 53.2 Å². The lowest BCUT2D eigenvalue weighted by atomic mass is 10.2. The molecule has 0 unspecified atom stereocenters. The molecule has 0 saturated carbocycles. The molecule has 98 valence electrons. The van der Waals surface area contributed by atoms with Crippen molar-refractivity contribution in [2.45, 2.75) is 6.54 Å². The summed E-state index contributed by atoms with van der Waals surface area (Å²) in [5.74, 6) is 0.415. The Labute approximate surface area is 115 Å². The van der Waals surface area contributed by atoms with Crippen LogP contribution in [0, 0.1) is 0 Å². The van der Waals surface area contributed by atoms with Crippen molar-refractivity contribution in [2.24, 2.45) is 0 Å². The van der Waals surface area contributed by atoms with Gasteiger partial charge in [0.25, 0.3) is 0 Å². The molecule has 5 nitrogen and oxygen atoms in total. The predicted molar refractivity (Wildman–Crippen MR) is 73.2 cm³/mol. The van der Waals surface area contributed by atoms with Crippen LogP contribution in [0.3, 0.4) is 0 Å². The van der Waals surface area contributed by atoms with E-state index in [0.717, 1.165) is 5.56 Å². The molecule has 3 N–H and O–H groups in total. The lowest BCUT2D eigenvalue weighted by molar-refractivity contribution is 0.251. The Morgan fingerprint density at radius 1 is 1.21 bits per heavy atom. The van der Waals surface area contributed by atoms with Gasteiger partial charge in [0.05, 0.1) is 6.20 Å². The molecular weight excluding hydrogens is 266 g/mol. The molecule has 0 aliphatic carbocycles. The number of halogens is 1. The molecule has 0 aliphatic heterocycles. The predicted octanol–water partition coefficient (Wildman–Crippen LogP) is 2.76. The summed E-state index contributed by atoms with van der Waals surface area (Å²) < 4.78 is 0. The smallest absolute Gasteiger partial charge is 0.320 e. The Balaban J connectivity index is 1.84. The monoisotopic (exact) mass is 277 g/mol. The Morgan fingerprint density at radius 2 is 1.95 bits per heavy atom. The number of carbonyl (C=O) groups is 1. The topological polar surface area (TPSA) is 74.2 Å². The number of carbonyl (C=O) groups excluding carboxylic acids is 1. The van der Waals surface area contributed by atoms with E-state index in [1.54, 1.807) is 12.1 Å². The van der Waals surface area contributed by atoms with Crippen LogP contribution < -0.4 is 10.6 Å². The minimum Gasteiger partial charge on any atom is -0.506 e. The van der Waals surface area contributed by atoms with E-state index in [9.17, 15) is 4.79 Å². The van der Waals surface area contributed by atoms with Gasteiger partial charge in [0.2, 0.25) is 0 Å². The first-order valence-electron chi connectivity index (χ1n) is 5.58. The number of hydrogen-bond donors (Lipinski definition) is 3. The zero-order valence-corrected chi connectivity index (χ0v) is 10.7. The number of rotatable bonds is 3. The van der Waals surface area contributed by atoms with Gasteiger partial charge in [0, 0.05) is 11.6 Å². The summed E-state index contributed by atoms with van der Waals surface area (Å²) in [5.41, 5.74) is 0.943. The van der Waals surface area contributed by atoms with Gasteiger partial charge in [-0.05, 0) is 29.8 Å². The van der Waals surface area contributed by atoms with Crippen molar-refractivity contribution in [1.29, 1.82) is 0 Å². The number of urea groups is 1. The van der Waals surface area contributed by atoms with Crippen LogP contribution in [0.4, 0.5) is 10.6 Å². The van der Waals surface area contributed by atoms with Gasteiger partial charge in [0.1, 0.15) is 11.6 Å². The normalized spacial score (nSPS) is 9.95. The Morgan fingerprint density at radius 3 is 2.58 bits per heavy atom. The molecule has 1 aromatic carbocycles. The summed E-state index contributed by atoms with van der Waals surface area (Å²) in [6.45, 7) is 0.390. The van der Waals surface area contributed by atoms with E-state index in [2.05, 4.69) is 15.6 Å². The zero-order valence-electron chi connectivity index (χ0n) is 9.93. The molecule has 0 bridgehead atoms. The van der Waals surface area contributed by atoms with Crippen LogP contribution in [0.5, 0.6) is 5.75 Å². The fourth-order valence-electron chi connectivity index (χ4n) is 1.41. The lowest BCUT2D eigenvalue weighted by Crippen LogP contribution is -2.28. The molecular formula is C13H12ClN3O2. The molecule has 19 heavy (non-hydrogen) atoms. The molecule has 0 spiro atoms. The summed E-state index contributed by atoms with van der Waals surface area (Å²) >= 11 is 5.77. The van der Waals surface area contributed by atoms with Crippen LogP contribution in [-0.2, 0) is 6.54 Å². The van der Waals surface area contributed by atoms with E-state index in [1.807, 2.05) is 12.1 Å². The molecule has 0 atom stereocenters. The molecule has 2 amide bonds. The SMILES string of the molecule is O=C(NCc1ccc(Cl)cc1)Nc1ccc(O)cn1. The van der Waals surface area contributed by atoms with Crippen molar-refractivity contribution in [3.8, 4) is 5.75 Å². The maximum Gasteiger partial charge on any atom is 0.320 e. The average molecular weight is 278 g/mol. The van der Waals surface area contributed by atoms with Crippen LogP contribution in [0.15, 0.2) is 42.6 Å². The van der Waals surface area contributed by atoms with Crippen molar-refractivity contribution in [2.75, 3.05) is 5.32 Å². The minimum atomic E-state index is -0.367. The molecule has 6 heteroatoms. The molecule has 2 aromatic rings. The summed E-state index contributed by atoms with van der Waals surface area (Å²) in [6.07, 6.45) is 1.26. The standard InChI is InChI=1S/C13H12ClN3O2/c14-10-3-1-9(2-4-10)7-16-13(19)17-12-6-5-11(18)8-15-12/h1-6,8,18H,7H2,(H2,15,16,17,19). The van der Waals surface area contributed by atoms with Crippen molar-refractivity contribution in [1.82, 2.24) is 10.3 Å². The van der Waals surface area contributed by atoms with Crippen LogP contribution in [0.2, 0.25) is 5.02 Å². The third-order valence-corrected chi connectivity index (χ3v) is 2.61. The fraction of sp³-hybridized carbons (Fsp3) is 0.0769. The zero-order chi connectivity index (χ0) is 13.7. The van der Waals surface area contributed by atoms with E-state index in [-0.39, 0.29) is 11.8 Å². The lowest BCUT2D eigenvalue weighted by Gasteiger charge is -2.07. The first-order valence-corrected chi connectivity index (χ1v) is 5.95. The second-order valence-electron chi connectivity index (χ2n) is 3.84. The number of pyridine rings is 1. The second-order valence-corrected chi connectivity index (χ2v) is 4.27. The van der Waals surface area contributed by atoms with Gasteiger partial charge >= 0.3 is 6.03 Å². The summed E-state index contributed by atoms with van der Waals surface area (Å²) in [7, 11) is 0. The van der Waals surface area contributed by atoms with Gasteiger partial charge in [-0.3, -0.25) is 5.32 Å². The summed E-state index contributed by atoms with van der Waals surface area (Å²) in [5, 5.41) is 15.0. The maximum absolute atomic E-state index is 11.6. The molecule has 1 aromatic heterocycles. The third-order valence-electron chi connectivity index (χ3n) is 2.36. The van der Waals surface area contributed by atoms with Crippen LogP contribution >= 0.6 is 11.6 Å². The number of nitrogens with one attached hydrogen (secondary N) is 2. The molecule has 0 fully saturated rings. The number of nitrogens with zero attached hydrogens (tertiary/aromatic N) is 1. The maximum atomic E-state index is 11.6. The second kappa shape index (κ2) is 6.06. The largest absolute Gasteiger partial charge is 0.506 e. The van der Waals surface area contributed by atoms with Crippen LogP contribution in [0.25, 0.3) is 0 Å². The number of aromatic hydroxyl groups is 1. The fourth-order valence-corrected chi connectivity index (χ4v) is 1.53.